The first kappa shape index (κ1) is 14.8. The number of benzene rings is 1. The maximum absolute atomic E-state index is 11.8. The average Bonchev–Trinajstić information content (AvgIpc) is 3.15. The normalized spacial score (nSPS) is 12.4. The van der Waals surface area contributed by atoms with E-state index >= 15 is 0 Å². The first-order chi connectivity index (χ1) is 10.8. The summed E-state index contributed by atoms with van der Waals surface area (Å²) in [5.41, 5.74) is 1.78. The summed E-state index contributed by atoms with van der Waals surface area (Å²) in [6.07, 6.45) is 3.65. The van der Waals surface area contributed by atoms with Crippen LogP contribution in [0.1, 0.15) is 32.6 Å². The van der Waals surface area contributed by atoms with Gasteiger partial charge in [0.05, 0.1) is 5.69 Å². The summed E-state index contributed by atoms with van der Waals surface area (Å²) in [6, 6.07) is 5.72. The Balaban J connectivity index is 1.65. The predicted octanol–water partition coefficient (Wildman–Crippen LogP) is 4.06. The lowest BCUT2D eigenvalue weighted by Crippen LogP contribution is -2.10. The Morgan fingerprint density at radius 2 is 2.18 bits per heavy atom. The number of aromatic nitrogens is 1. The lowest BCUT2D eigenvalue weighted by Gasteiger charge is -2.01. The Kier molecular flexibility index (Phi) is 4.58. The van der Waals surface area contributed by atoms with Gasteiger partial charge < -0.3 is 14.8 Å². The lowest BCUT2D eigenvalue weighted by atomic mass is 10.1. The first-order valence-electron chi connectivity index (χ1n) is 7.41. The molecule has 0 fully saturated rings. The fraction of sp³-hybridized carbons (Fsp3) is 0.375. The number of ether oxygens (including phenoxy) is 2. The Bertz CT molecular complexity index is 669. The molecule has 3 rings (SSSR count). The van der Waals surface area contributed by atoms with Crippen LogP contribution in [0.2, 0.25) is 0 Å². The van der Waals surface area contributed by atoms with Crippen LogP contribution in [0.5, 0.6) is 11.5 Å². The van der Waals surface area contributed by atoms with Crippen molar-refractivity contribution in [1.82, 2.24) is 4.98 Å². The van der Waals surface area contributed by atoms with Crippen molar-refractivity contribution in [3.63, 3.8) is 0 Å². The zero-order chi connectivity index (χ0) is 15.4. The van der Waals surface area contributed by atoms with Crippen LogP contribution in [-0.4, -0.2) is 17.7 Å². The van der Waals surface area contributed by atoms with Crippen LogP contribution in [0.25, 0.3) is 11.3 Å². The molecule has 5 nitrogen and oxygen atoms in total. The van der Waals surface area contributed by atoms with Crippen LogP contribution in [0.15, 0.2) is 23.6 Å². The number of carbonyl (C=O) groups is 1. The smallest absolute Gasteiger partial charge is 0.231 e. The molecular weight excluding hydrogens is 300 g/mol. The van der Waals surface area contributed by atoms with Crippen molar-refractivity contribution >= 4 is 22.4 Å². The number of fused-ring (bicyclic) bond motifs is 1. The summed E-state index contributed by atoms with van der Waals surface area (Å²) in [5.74, 6) is 1.51. The zero-order valence-corrected chi connectivity index (χ0v) is 13.2. The van der Waals surface area contributed by atoms with E-state index in [0.29, 0.717) is 11.6 Å². The van der Waals surface area contributed by atoms with Crippen LogP contribution >= 0.6 is 11.3 Å². The fourth-order valence-corrected chi connectivity index (χ4v) is 2.97. The second kappa shape index (κ2) is 6.79. The number of amides is 1. The molecule has 2 heterocycles. The summed E-state index contributed by atoms with van der Waals surface area (Å²) >= 11 is 1.43. The van der Waals surface area contributed by atoms with Crippen molar-refractivity contribution < 1.29 is 14.3 Å². The average molecular weight is 318 g/mol. The monoisotopic (exact) mass is 318 g/mol. The Hall–Kier alpha value is -2.08. The molecule has 6 heteroatoms. The van der Waals surface area contributed by atoms with Gasteiger partial charge in [0.15, 0.2) is 16.6 Å². The maximum Gasteiger partial charge on any atom is 0.231 e. The Morgan fingerprint density at radius 1 is 1.32 bits per heavy atom. The lowest BCUT2D eigenvalue weighted by molar-refractivity contribution is -0.116. The molecule has 2 aromatic rings. The number of carbonyl (C=O) groups excluding carboxylic acids is 1. The van der Waals surface area contributed by atoms with Gasteiger partial charge in [-0.2, -0.15) is 0 Å². The van der Waals surface area contributed by atoms with Gasteiger partial charge in [0.25, 0.3) is 0 Å². The Labute approximate surface area is 133 Å². The van der Waals surface area contributed by atoms with Gasteiger partial charge in [-0.3, -0.25) is 4.79 Å². The minimum atomic E-state index is 0.0278. The molecule has 1 amide bonds. The molecule has 1 aromatic heterocycles. The number of nitrogens with one attached hydrogen (secondary N) is 1. The maximum atomic E-state index is 11.8. The third kappa shape index (κ3) is 3.39. The molecule has 1 aliphatic rings. The largest absolute Gasteiger partial charge is 0.454 e. The number of hydrogen-bond acceptors (Lipinski definition) is 5. The van der Waals surface area contributed by atoms with Crippen molar-refractivity contribution in [2.24, 2.45) is 0 Å². The highest BCUT2D eigenvalue weighted by molar-refractivity contribution is 7.14. The van der Waals surface area contributed by atoms with E-state index in [4.69, 9.17) is 9.47 Å². The highest BCUT2D eigenvalue weighted by Crippen LogP contribution is 2.36. The molecule has 1 aromatic carbocycles. The van der Waals surface area contributed by atoms with Gasteiger partial charge >= 0.3 is 0 Å². The van der Waals surface area contributed by atoms with Crippen LogP contribution in [0.4, 0.5) is 5.13 Å². The molecule has 0 bridgehead atoms. The van der Waals surface area contributed by atoms with E-state index in [2.05, 4.69) is 17.2 Å². The second-order valence-electron chi connectivity index (χ2n) is 5.11. The van der Waals surface area contributed by atoms with E-state index in [0.717, 1.165) is 42.0 Å². The van der Waals surface area contributed by atoms with E-state index in [-0.39, 0.29) is 12.7 Å². The molecule has 1 N–H and O–H groups in total. The number of hydrogen-bond donors (Lipinski definition) is 1. The van der Waals surface area contributed by atoms with Gasteiger partial charge in [-0.1, -0.05) is 19.8 Å². The van der Waals surface area contributed by atoms with E-state index in [1.165, 1.54) is 11.3 Å². The van der Waals surface area contributed by atoms with Crippen molar-refractivity contribution in [3.8, 4) is 22.8 Å². The van der Waals surface area contributed by atoms with Crippen molar-refractivity contribution in [3.05, 3.63) is 23.6 Å². The molecule has 0 atom stereocenters. The van der Waals surface area contributed by atoms with Gasteiger partial charge in [0, 0.05) is 17.4 Å². The molecular formula is C16H18N2O3S. The highest BCUT2D eigenvalue weighted by Gasteiger charge is 2.15. The molecule has 0 aliphatic carbocycles. The van der Waals surface area contributed by atoms with E-state index in [9.17, 15) is 4.79 Å². The molecule has 0 saturated carbocycles. The molecule has 0 saturated heterocycles. The summed E-state index contributed by atoms with van der Waals surface area (Å²) in [6.45, 7) is 2.38. The third-order valence-corrected chi connectivity index (χ3v) is 4.18. The summed E-state index contributed by atoms with van der Waals surface area (Å²) < 4.78 is 10.7. The summed E-state index contributed by atoms with van der Waals surface area (Å²) in [5, 5.41) is 5.42. The fourth-order valence-electron chi connectivity index (χ4n) is 2.24. The van der Waals surface area contributed by atoms with Crippen LogP contribution in [0.3, 0.4) is 0 Å². The SMILES string of the molecule is CCCCCC(=O)Nc1nc(-c2ccc3c(c2)OCO3)cs1. The number of unbranched alkanes of at least 4 members (excludes halogenated alkanes) is 2. The molecule has 0 radical (unpaired) electrons. The summed E-state index contributed by atoms with van der Waals surface area (Å²) in [4.78, 5) is 16.3. The Morgan fingerprint density at radius 3 is 3.05 bits per heavy atom. The minimum absolute atomic E-state index is 0.0278. The molecule has 116 valence electrons. The molecule has 0 unspecified atom stereocenters. The van der Waals surface area contributed by atoms with Crippen LogP contribution in [-0.2, 0) is 4.79 Å². The number of nitrogens with zero attached hydrogens (tertiary/aromatic N) is 1. The highest BCUT2D eigenvalue weighted by atomic mass is 32.1. The van der Waals surface area contributed by atoms with Gasteiger partial charge in [-0.25, -0.2) is 4.98 Å². The van der Waals surface area contributed by atoms with Crippen molar-refractivity contribution in [2.45, 2.75) is 32.6 Å². The van der Waals surface area contributed by atoms with Crippen molar-refractivity contribution in [2.75, 3.05) is 12.1 Å². The van der Waals surface area contributed by atoms with Crippen LogP contribution in [0, 0.1) is 0 Å². The minimum Gasteiger partial charge on any atom is -0.454 e. The third-order valence-electron chi connectivity index (χ3n) is 3.43. The molecule has 22 heavy (non-hydrogen) atoms. The van der Waals surface area contributed by atoms with E-state index < -0.39 is 0 Å². The number of thiazole rings is 1. The van der Waals surface area contributed by atoms with Gasteiger partial charge in [0.1, 0.15) is 0 Å². The molecule has 1 aliphatic heterocycles. The molecule has 0 spiro atoms. The quantitative estimate of drug-likeness (QED) is 0.816. The van der Waals surface area contributed by atoms with Gasteiger partial charge in [-0.15, -0.1) is 11.3 Å². The van der Waals surface area contributed by atoms with E-state index in [1.54, 1.807) is 0 Å². The van der Waals surface area contributed by atoms with Crippen molar-refractivity contribution in [1.29, 1.82) is 0 Å². The number of rotatable bonds is 6. The first-order valence-corrected chi connectivity index (χ1v) is 8.29. The summed E-state index contributed by atoms with van der Waals surface area (Å²) in [7, 11) is 0. The van der Waals surface area contributed by atoms with Gasteiger partial charge in [-0.05, 0) is 24.6 Å². The predicted molar refractivity (Wildman–Crippen MR) is 86.4 cm³/mol. The topological polar surface area (TPSA) is 60.5 Å². The van der Waals surface area contributed by atoms with E-state index in [1.807, 2.05) is 23.6 Å². The number of anilines is 1. The van der Waals surface area contributed by atoms with Gasteiger partial charge in [0.2, 0.25) is 12.7 Å². The standard InChI is InChI=1S/C16H18N2O3S/c1-2-3-4-5-15(19)18-16-17-12(9-22-16)11-6-7-13-14(8-11)21-10-20-13/h6-9H,2-5,10H2,1H3,(H,17,18,19). The van der Waals surface area contributed by atoms with Crippen LogP contribution < -0.4 is 14.8 Å². The zero-order valence-electron chi connectivity index (χ0n) is 12.4. The second-order valence-corrected chi connectivity index (χ2v) is 5.97.